The molecule has 2 amide bonds. The quantitative estimate of drug-likeness (QED) is 0.515. The van der Waals surface area contributed by atoms with Gasteiger partial charge in [-0.05, 0) is 47.9 Å². The lowest BCUT2D eigenvalue weighted by molar-refractivity contribution is -0.131. The SMILES string of the molecule is NC(=O)Cn1ccs/c1=N\C1CCN(C(=O)CCS(=O)(=O)c2ccc3cc(Cl)ccc3c2)CC1. The average molecular weight is 521 g/mol. The zero-order chi connectivity index (χ0) is 24.3. The highest BCUT2D eigenvalue weighted by molar-refractivity contribution is 7.91. The van der Waals surface area contributed by atoms with Gasteiger partial charge in [0.1, 0.15) is 6.54 Å². The summed E-state index contributed by atoms with van der Waals surface area (Å²) in [7, 11) is -3.59. The molecule has 1 saturated heterocycles. The van der Waals surface area contributed by atoms with Gasteiger partial charge in [0.15, 0.2) is 14.6 Å². The van der Waals surface area contributed by atoms with Crippen LogP contribution in [-0.2, 0) is 26.0 Å². The Kier molecular flexibility index (Phi) is 7.39. The number of carbonyl (C=O) groups excluding carboxylic acids is 2. The van der Waals surface area contributed by atoms with E-state index < -0.39 is 15.7 Å². The molecule has 1 aliphatic rings. The number of benzene rings is 2. The third-order valence-electron chi connectivity index (χ3n) is 5.81. The van der Waals surface area contributed by atoms with Crippen molar-refractivity contribution in [1.82, 2.24) is 9.47 Å². The monoisotopic (exact) mass is 520 g/mol. The van der Waals surface area contributed by atoms with Crippen molar-refractivity contribution in [3.05, 3.63) is 57.8 Å². The van der Waals surface area contributed by atoms with Crippen LogP contribution >= 0.6 is 22.9 Å². The van der Waals surface area contributed by atoms with E-state index in [-0.39, 0.29) is 35.6 Å². The Morgan fingerprint density at radius 3 is 2.56 bits per heavy atom. The van der Waals surface area contributed by atoms with Crippen molar-refractivity contribution in [3.8, 4) is 0 Å². The first-order chi connectivity index (χ1) is 16.2. The number of amides is 2. The number of carbonyl (C=O) groups is 2. The smallest absolute Gasteiger partial charge is 0.237 e. The summed E-state index contributed by atoms with van der Waals surface area (Å²) >= 11 is 7.43. The third-order valence-corrected chi connectivity index (χ3v) is 8.57. The van der Waals surface area contributed by atoms with E-state index in [1.807, 2.05) is 5.38 Å². The molecule has 0 spiro atoms. The van der Waals surface area contributed by atoms with E-state index in [1.54, 1.807) is 52.1 Å². The van der Waals surface area contributed by atoms with E-state index in [0.29, 0.717) is 31.0 Å². The van der Waals surface area contributed by atoms with E-state index in [0.717, 1.165) is 15.6 Å². The van der Waals surface area contributed by atoms with Crippen molar-refractivity contribution in [2.75, 3.05) is 18.8 Å². The largest absolute Gasteiger partial charge is 0.368 e. The summed E-state index contributed by atoms with van der Waals surface area (Å²) in [5, 5.41) is 4.08. The molecule has 0 unspecified atom stereocenters. The van der Waals surface area contributed by atoms with Crippen molar-refractivity contribution < 1.29 is 18.0 Å². The van der Waals surface area contributed by atoms with Crippen LogP contribution < -0.4 is 10.5 Å². The van der Waals surface area contributed by atoms with Crippen LogP contribution in [-0.4, -0.2) is 54.6 Å². The van der Waals surface area contributed by atoms with E-state index in [2.05, 4.69) is 0 Å². The third kappa shape index (κ3) is 5.86. The maximum absolute atomic E-state index is 12.8. The molecular weight excluding hydrogens is 496 g/mol. The lowest BCUT2D eigenvalue weighted by Gasteiger charge is -2.30. The van der Waals surface area contributed by atoms with Gasteiger partial charge in [0, 0.05) is 36.1 Å². The van der Waals surface area contributed by atoms with Crippen LogP contribution in [0.3, 0.4) is 0 Å². The summed E-state index contributed by atoms with van der Waals surface area (Å²) < 4.78 is 27.4. The van der Waals surface area contributed by atoms with Crippen LogP contribution in [0.4, 0.5) is 0 Å². The summed E-state index contributed by atoms with van der Waals surface area (Å²) in [6, 6.07) is 10.2. The average Bonchev–Trinajstić information content (AvgIpc) is 3.23. The molecule has 180 valence electrons. The molecule has 0 saturated carbocycles. The molecule has 0 bridgehead atoms. The fraction of sp³-hybridized carbons (Fsp3) is 0.348. The molecule has 8 nitrogen and oxygen atoms in total. The number of aromatic nitrogens is 1. The second kappa shape index (κ2) is 10.3. The summed E-state index contributed by atoms with van der Waals surface area (Å²) in [6.45, 7) is 1.12. The van der Waals surface area contributed by atoms with Crippen molar-refractivity contribution in [1.29, 1.82) is 0 Å². The van der Waals surface area contributed by atoms with Gasteiger partial charge in [0.2, 0.25) is 11.8 Å². The van der Waals surface area contributed by atoms with E-state index in [1.165, 1.54) is 11.3 Å². The predicted molar refractivity (Wildman–Crippen MR) is 132 cm³/mol. The van der Waals surface area contributed by atoms with Crippen molar-refractivity contribution in [2.45, 2.75) is 36.7 Å². The molecule has 3 aromatic rings. The van der Waals surface area contributed by atoms with Gasteiger partial charge in [-0.15, -0.1) is 11.3 Å². The molecule has 11 heteroatoms. The lowest BCUT2D eigenvalue weighted by atomic mass is 10.1. The second-order valence-corrected chi connectivity index (χ2v) is 11.7. The Hall–Kier alpha value is -2.69. The second-order valence-electron chi connectivity index (χ2n) is 8.24. The number of nitrogens with zero attached hydrogens (tertiary/aromatic N) is 3. The van der Waals surface area contributed by atoms with Gasteiger partial charge < -0.3 is 15.2 Å². The van der Waals surface area contributed by atoms with Crippen molar-refractivity contribution >= 4 is 55.4 Å². The van der Waals surface area contributed by atoms with Crippen LogP contribution in [0.2, 0.25) is 5.02 Å². The first-order valence-electron chi connectivity index (χ1n) is 10.9. The number of nitrogens with two attached hydrogens (primary N) is 1. The van der Waals surface area contributed by atoms with E-state index in [9.17, 15) is 18.0 Å². The van der Waals surface area contributed by atoms with Crippen LogP contribution in [0.5, 0.6) is 0 Å². The lowest BCUT2D eigenvalue weighted by Crippen LogP contribution is -2.40. The highest BCUT2D eigenvalue weighted by Crippen LogP contribution is 2.24. The molecule has 1 aliphatic heterocycles. The number of likely N-dealkylation sites (tertiary alicyclic amines) is 1. The summed E-state index contributed by atoms with van der Waals surface area (Å²) in [5.74, 6) is -0.838. The van der Waals surface area contributed by atoms with Crippen LogP contribution in [0.15, 0.2) is 57.9 Å². The van der Waals surface area contributed by atoms with Gasteiger partial charge in [0.25, 0.3) is 0 Å². The van der Waals surface area contributed by atoms with Gasteiger partial charge >= 0.3 is 0 Å². The number of fused-ring (bicyclic) bond motifs is 1. The molecule has 2 aromatic carbocycles. The topological polar surface area (TPSA) is 115 Å². The Bertz CT molecular complexity index is 1390. The fourth-order valence-electron chi connectivity index (χ4n) is 3.98. The van der Waals surface area contributed by atoms with Crippen LogP contribution in [0.1, 0.15) is 19.3 Å². The van der Waals surface area contributed by atoms with Gasteiger partial charge in [-0.1, -0.05) is 23.7 Å². The summed E-state index contributed by atoms with van der Waals surface area (Å²) in [4.78, 5) is 31.2. The first kappa shape index (κ1) is 24.4. The number of thiazole rings is 1. The number of halogens is 1. The standard InChI is InChI=1S/C23H25ClN4O4S2/c24-18-3-1-17-14-20(4-2-16(17)13-18)34(31,32)12-7-22(30)27-8-5-19(6-9-27)26-23-28(10-11-33-23)15-21(25)29/h1-4,10-11,13-14,19H,5-9,12,15H2,(H2,25,29)/b26-23-. The molecule has 1 fully saturated rings. The molecular formula is C23H25ClN4O4S2. The zero-order valence-corrected chi connectivity index (χ0v) is 20.8. The number of rotatable bonds is 7. The van der Waals surface area contributed by atoms with Crippen LogP contribution in [0.25, 0.3) is 10.8 Å². The molecule has 2 N–H and O–H groups in total. The molecule has 0 radical (unpaired) electrons. The number of hydrogen-bond donors (Lipinski definition) is 1. The number of piperidine rings is 1. The number of sulfone groups is 1. The fourth-order valence-corrected chi connectivity index (χ4v) is 6.22. The highest BCUT2D eigenvalue weighted by atomic mass is 35.5. The highest BCUT2D eigenvalue weighted by Gasteiger charge is 2.24. The molecule has 2 heterocycles. The summed E-state index contributed by atoms with van der Waals surface area (Å²) in [5.41, 5.74) is 5.27. The number of primary amides is 1. The Morgan fingerprint density at radius 2 is 1.82 bits per heavy atom. The Balaban J connectivity index is 1.33. The maximum Gasteiger partial charge on any atom is 0.237 e. The molecule has 0 aliphatic carbocycles. The summed E-state index contributed by atoms with van der Waals surface area (Å²) in [6.07, 6.45) is 3.07. The van der Waals surface area contributed by atoms with E-state index >= 15 is 0 Å². The predicted octanol–water partition coefficient (Wildman–Crippen LogP) is 2.60. The molecule has 1 aromatic heterocycles. The van der Waals surface area contributed by atoms with Gasteiger partial charge in [-0.2, -0.15) is 0 Å². The van der Waals surface area contributed by atoms with Gasteiger partial charge in [-0.25, -0.2) is 8.42 Å². The van der Waals surface area contributed by atoms with Crippen molar-refractivity contribution in [3.63, 3.8) is 0 Å². The normalized spacial score (nSPS) is 15.7. The van der Waals surface area contributed by atoms with Crippen LogP contribution in [0, 0.1) is 0 Å². The minimum atomic E-state index is -3.59. The molecule has 34 heavy (non-hydrogen) atoms. The molecule has 4 rings (SSSR count). The minimum Gasteiger partial charge on any atom is -0.368 e. The first-order valence-corrected chi connectivity index (χ1v) is 13.8. The Morgan fingerprint density at radius 1 is 1.12 bits per heavy atom. The van der Waals surface area contributed by atoms with Crippen molar-refractivity contribution in [2.24, 2.45) is 10.7 Å². The maximum atomic E-state index is 12.8. The van der Waals surface area contributed by atoms with E-state index in [4.69, 9.17) is 22.3 Å². The number of hydrogen-bond acceptors (Lipinski definition) is 6. The minimum absolute atomic E-state index is 0.0386. The Labute approximate surface area is 206 Å². The van der Waals surface area contributed by atoms with Gasteiger partial charge in [-0.3, -0.25) is 14.6 Å². The molecule has 0 atom stereocenters. The zero-order valence-electron chi connectivity index (χ0n) is 18.4. The van der Waals surface area contributed by atoms with Gasteiger partial charge in [0.05, 0.1) is 16.7 Å².